The van der Waals surface area contributed by atoms with E-state index in [-0.39, 0.29) is 30.7 Å². The number of rotatable bonds is 4. The van der Waals surface area contributed by atoms with Gasteiger partial charge in [0.1, 0.15) is 0 Å². The van der Waals surface area contributed by atoms with Gasteiger partial charge in [-0.05, 0) is 42.8 Å². The molecule has 1 amide bonds. The number of aromatic nitrogens is 2. The molecule has 1 aliphatic heterocycles. The number of nitrogens with zero attached hydrogens (tertiary/aromatic N) is 2. The van der Waals surface area contributed by atoms with E-state index in [1.165, 1.54) is 0 Å². The predicted octanol–water partition coefficient (Wildman–Crippen LogP) is 2.70. The van der Waals surface area contributed by atoms with Crippen molar-refractivity contribution < 1.29 is 9.90 Å². The quantitative estimate of drug-likeness (QED) is 0.589. The largest absolute Gasteiger partial charge is 0.389 e. The highest BCUT2D eigenvalue weighted by atomic mass is 35.5. The third kappa shape index (κ3) is 4.62. The lowest BCUT2D eigenvalue weighted by Crippen LogP contribution is -2.61. The average Bonchev–Trinajstić information content (AvgIpc) is 3.25. The summed E-state index contributed by atoms with van der Waals surface area (Å²) in [6.07, 6.45) is 5.19. The molecule has 0 radical (unpaired) electrons. The fraction of sp³-hybridized carbons (Fsp3) is 0.238. The number of benzene rings is 2. The van der Waals surface area contributed by atoms with E-state index in [1.807, 2.05) is 53.2 Å². The van der Waals surface area contributed by atoms with Crippen LogP contribution in [0.25, 0.3) is 5.69 Å². The van der Waals surface area contributed by atoms with Gasteiger partial charge >= 0.3 is 0 Å². The predicted molar refractivity (Wildman–Crippen MR) is 117 cm³/mol. The number of carbonyl (C=O) groups is 1. The molecule has 4 rings (SSSR count). The molecule has 1 saturated heterocycles. The summed E-state index contributed by atoms with van der Waals surface area (Å²) in [4.78, 5) is 17.0. The summed E-state index contributed by atoms with van der Waals surface area (Å²) < 4.78 is 1.88. The van der Waals surface area contributed by atoms with Gasteiger partial charge in [-0.15, -0.1) is 24.8 Å². The maximum Gasteiger partial charge on any atom is 0.252 e. The second-order valence-electron chi connectivity index (χ2n) is 6.78. The minimum Gasteiger partial charge on any atom is -0.389 e. The molecule has 8 heteroatoms. The number of aliphatic hydroxyl groups excluding tert-OH is 1. The van der Waals surface area contributed by atoms with Gasteiger partial charge in [0, 0.05) is 30.2 Å². The number of nitrogens with one attached hydrogen (secondary N) is 2. The number of imidazole rings is 1. The first-order chi connectivity index (χ1) is 13.2. The number of hydrogen-bond acceptors (Lipinski definition) is 4. The van der Waals surface area contributed by atoms with Crippen LogP contribution in [0.15, 0.2) is 73.3 Å². The number of hydrogen-bond donors (Lipinski definition) is 3. The molecule has 29 heavy (non-hydrogen) atoms. The van der Waals surface area contributed by atoms with Crippen molar-refractivity contribution in [3.8, 4) is 5.69 Å². The average molecular weight is 435 g/mol. The molecule has 0 saturated carbocycles. The maximum absolute atomic E-state index is 13.0. The third-order valence-corrected chi connectivity index (χ3v) is 5.16. The van der Waals surface area contributed by atoms with Crippen LogP contribution in [-0.4, -0.2) is 39.8 Å². The van der Waals surface area contributed by atoms with E-state index in [1.54, 1.807) is 24.7 Å². The van der Waals surface area contributed by atoms with Crippen molar-refractivity contribution in [2.45, 2.75) is 18.1 Å². The van der Waals surface area contributed by atoms with Crippen LogP contribution in [0.3, 0.4) is 0 Å². The zero-order valence-electron chi connectivity index (χ0n) is 15.7. The summed E-state index contributed by atoms with van der Waals surface area (Å²) >= 11 is 0. The second-order valence-corrected chi connectivity index (χ2v) is 6.78. The zero-order valence-corrected chi connectivity index (χ0v) is 17.3. The number of aliphatic hydroxyl groups is 1. The highest BCUT2D eigenvalue weighted by Crippen LogP contribution is 2.31. The standard InChI is InChI=1S/C21H22N4O2.2ClH/c26-19-14-22-11-10-21(19,17-4-2-1-3-5-17)24-20(27)16-6-8-18(9-7-16)25-13-12-23-15-25;;/h1-9,12-13,15,19,22,26H,10-11,14H2,(H,24,27);2*1H/t19-,21-;;/m1../s1. The number of β-amino-alcohol motifs (C(OH)–C–C–N with tert-alkyl or cyclic N) is 1. The van der Waals surface area contributed by atoms with Gasteiger partial charge in [-0.3, -0.25) is 4.79 Å². The van der Waals surface area contributed by atoms with E-state index in [2.05, 4.69) is 15.6 Å². The summed E-state index contributed by atoms with van der Waals surface area (Å²) in [5.74, 6) is -0.197. The van der Waals surface area contributed by atoms with Gasteiger partial charge in [-0.25, -0.2) is 4.98 Å². The zero-order chi connectivity index (χ0) is 18.7. The first-order valence-corrected chi connectivity index (χ1v) is 9.04. The Balaban J connectivity index is 0.00000150. The Hall–Kier alpha value is -2.38. The molecule has 1 aliphatic rings. The van der Waals surface area contributed by atoms with Crippen LogP contribution in [0, 0.1) is 0 Å². The number of piperidine rings is 1. The third-order valence-electron chi connectivity index (χ3n) is 5.16. The molecule has 0 spiro atoms. The van der Waals surface area contributed by atoms with Crippen molar-refractivity contribution in [2.24, 2.45) is 0 Å². The lowest BCUT2D eigenvalue weighted by atomic mass is 9.79. The molecule has 0 bridgehead atoms. The van der Waals surface area contributed by atoms with Gasteiger partial charge in [-0.2, -0.15) is 0 Å². The van der Waals surface area contributed by atoms with Crippen molar-refractivity contribution in [1.29, 1.82) is 0 Å². The van der Waals surface area contributed by atoms with E-state index < -0.39 is 11.6 Å². The van der Waals surface area contributed by atoms with E-state index in [0.717, 1.165) is 17.8 Å². The fourth-order valence-electron chi connectivity index (χ4n) is 3.63. The number of amides is 1. The van der Waals surface area contributed by atoms with E-state index in [0.29, 0.717) is 18.5 Å². The molecule has 3 N–H and O–H groups in total. The van der Waals surface area contributed by atoms with Crippen molar-refractivity contribution in [1.82, 2.24) is 20.2 Å². The van der Waals surface area contributed by atoms with Crippen molar-refractivity contribution >= 4 is 30.7 Å². The van der Waals surface area contributed by atoms with E-state index in [9.17, 15) is 9.90 Å². The van der Waals surface area contributed by atoms with Gasteiger partial charge in [0.15, 0.2) is 0 Å². The molecule has 2 heterocycles. The first kappa shape index (κ1) is 22.9. The lowest BCUT2D eigenvalue weighted by molar-refractivity contribution is 0.0289. The summed E-state index contributed by atoms with van der Waals surface area (Å²) in [5.41, 5.74) is 1.61. The lowest BCUT2D eigenvalue weighted by Gasteiger charge is -2.43. The van der Waals surface area contributed by atoms with Crippen LogP contribution in [0.5, 0.6) is 0 Å². The summed E-state index contributed by atoms with van der Waals surface area (Å²) in [5, 5.41) is 17.1. The van der Waals surface area contributed by atoms with Crippen LogP contribution in [-0.2, 0) is 5.54 Å². The normalized spacial score (nSPS) is 20.8. The number of carbonyl (C=O) groups excluding carboxylic acids is 1. The monoisotopic (exact) mass is 434 g/mol. The van der Waals surface area contributed by atoms with E-state index in [4.69, 9.17) is 0 Å². The molecule has 0 unspecified atom stereocenters. The highest BCUT2D eigenvalue weighted by Gasteiger charge is 2.42. The molecular formula is C21H24Cl2N4O2. The van der Waals surface area contributed by atoms with Crippen LogP contribution >= 0.6 is 24.8 Å². The topological polar surface area (TPSA) is 79.2 Å². The SMILES string of the molecule is Cl.Cl.O=C(N[C@@]1(c2ccccc2)CCNC[C@H]1O)c1ccc(-n2ccnc2)cc1. The van der Waals surface area contributed by atoms with Gasteiger partial charge in [-0.1, -0.05) is 30.3 Å². The molecule has 6 nitrogen and oxygen atoms in total. The Kier molecular flexibility index (Phi) is 7.81. The second kappa shape index (κ2) is 9.89. The Morgan fingerprint density at radius 2 is 1.86 bits per heavy atom. The Labute approximate surface area is 182 Å². The van der Waals surface area contributed by atoms with Gasteiger partial charge in [0.25, 0.3) is 5.91 Å². The molecule has 3 aromatic rings. The van der Waals surface area contributed by atoms with Gasteiger partial charge < -0.3 is 20.3 Å². The molecule has 2 atom stereocenters. The van der Waals surface area contributed by atoms with Crippen molar-refractivity contribution in [3.63, 3.8) is 0 Å². The highest BCUT2D eigenvalue weighted by molar-refractivity contribution is 5.95. The molecule has 1 fully saturated rings. The molecule has 0 aliphatic carbocycles. The number of halogens is 2. The molecule has 2 aromatic carbocycles. The Morgan fingerprint density at radius 1 is 1.14 bits per heavy atom. The van der Waals surface area contributed by atoms with Gasteiger partial charge in [0.05, 0.1) is 18.0 Å². The minimum absolute atomic E-state index is 0. The van der Waals surface area contributed by atoms with Crippen LogP contribution in [0.2, 0.25) is 0 Å². The van der Waals surface area contributed by atoms with Crippen molar-refractivity contribution in [3.05, 3.63) is 84.4 Å². The summed E-state index contributed by atoms with van der Waals surface area (Å²) in [6, 6.07) is 17.0. The summed E-state index contributed by atoms with van der Waals surface area (Å²) in [6.45, 7) is 1.17. The summed E-state index contributed by atoms with van der Waals surface area (Å²) in [7, 11) is 0. The Bertz CT molecular complexity index is 904. The van der Waals surface area contributed by atoms with Crippen LogP contribution in [0.4, 0.5) is 0 Å². The van der Waals surface area contributed by atoms with Crippen LogP contribution < -0.4 is 10.6 Å². The fourth-order valence-corrected chi connectivity index (χ4v) is 3.63. The molecule has 154 valence electrons. The first-order valence-electron chi connectivity index (χ1n) is 9.04. The van der Waals surface area contributed by atoms with Crippen molar-refractivity contribution in [2.75, 3.05) is 13.1 Å². The maximum atomic E-state index is 13.0. The minimum atomic E-state index is -0.799. The molecule has 1 aromatic heterocycles. The Morgan fingerprint density at radius 3 is 2.48 bits per heavy atom. The van der Waals surface area contributed by atoms with Crippen LogP contribution in [0.1, 0.15) is 22.3 Å². The van der Waals surface area contributed by atoms with E-state index >= 15 is 0 Å². The smallest absolute Gasteiger partial charge is 0.252 e. The molecular weight excluding hydrogens is 411 g/mol. The van der Waals surface area contributed by atoms with Gasteiger partial charge in [0.2, 0.25) is 0 Å².